The van der Waals surface area contributed by atoms with Gasteiger partial charge < -0.3 is 11.1 Å². The van der Waals surface area contributed by atoms with Crippen LogP contribution in [0.3, 0.4) is 0 Å². The molecule has 0 saturated heterocycles. The van der Waals surface area contributed by atoms with Crippen molar-refractivity contribution in [3.05, 3.63) is 23.0 Å². The molecule has 0 aliphatic carbocycles. The summed E-state index contributed by atoms with van der Waals surface area (Å²) < 4.78 is 12.9. The van der Waals surface area contributed by atoms with Crippen LogP contribution in [0.4, 0.5) is 15.8 Å². The van der Waals surface area contributed by atoms with E-state index in [0.717, 1.165) is 0 Å². The Bertz CT molecular complexity index is 347. The van der Waals surface area contributed by atoms with Gasteiger partial charge in [0.1, 0.15) is 5.88 Å². The summed E-state index contributed by atoms with van der Waals surface area (Å²) in [7, 11) is 0. The van der Waals surface area contributed by atoms with Crippen LogP contribution in [0.2, 0.25) is 5.02 Å². The molecule has 0 aromatic heterocycles. The fraction of sp³-hybridized carbons (Fsp3) is 0.125. The quantitative estimate of drug-likeness (QED) is 0.612. The van der Waals surface area contributed by atoms with Crippen LogP contribution in [0.25, 0.3) is 0 Å². The zero-order valence-corrected chi connectivity index (χ0v) is 8.49. The molecule has 0 heterocycles. The van der Waals surface area contributed by atoms with Gasteiger partial charge in [-0.15, -0.1) is 11.6 Å². The maximum atomic E-state index is 12.9. The zero-order chi connectivity index (χ0) is 10.7. The Morgan fingerprint density at radius 1 is 1.57 bits per heavy atom. The average Bonchev–Trinajstić information content (AvgIpc) is 2.14. The molecule has 1 aromatic carbocycles. The van der Waals surface area contributed by atoms with Crippen LogP contribution < -0.4 is 11.1 Å². The third-order valence-electron chi connectivity index (χ3n) is 1.46. The van der Waals surface area contributed by atoms with Crippen LogP contribution in [0.5, 0.6) is 0 Å². The molecule has 0 spiro atoms. The van der Waals surface area contributed by atoms with Gasteiger partial charge in [-0.05, 0) is 12.1 Å². The van der Waals surface area contributed by atoms with Gasteiger partial charge in [0, 0.05) is 5.69 Å². The molecule has 3 N–H and O–H groups in total. The molecule has 76 valence electrons. The van der Waals surface area contributed by atoms with Gasteiger partial charge in [-0.1, -0.05) is 11.6 Å². The molecule has 0 radical (unpaired) electrons. The summed E-state index contributed by atoms with van der Waals surface area (Å²) in [6, 6.07) is 2.53. The van der Waals surface area contributed by atoms with Crippen molar-refractivity contribution < 1.29 is 9.18 Å². The van der Waals surface area contributed by atoms with Crippen molar-refractivity contribution in [3.63, 3.8) is 0 Å². The minimum Gasteiger partial charge on any atom is -0.396 e. The van der Waals surface area contributed by atoms with E-state index in [1.807, 2.05) is 0 Å². The van der Waals surface area contributed by atoms with E-state index in [0.29, 0.717) is 5.69 Å². The Labute approximate surface area is 90.0 Å². The number of halogens is 3. The van der Waals surface area contributed by atoms with Crippen molar-refractivity contribution in [1.29, 1.82) is 0 Å². The van der Waals surface area contributed by atoms with E-state index < -0.39 is 11.7 Å². The lowest BCUT2D eigenvalue weighted by molar-refractivity contribution is -0.113. The molecule has 3 nitrogen and oxygen atoms in total. The summed E-state index contributed by atoms with van der Waals surface area (Å²) in [6.07, 6.45) is 0. The molecule has 0 aliphatic rings. The van der Waals surface area contributed by atoms with E-state index in [2.05, 4.69) is 5.32 Å². The summed E-state index contributed by atoms with van der Waals surface area (Å²) in [5, 5.41) is 2.25. The molecule has 1 rings (SSSR count). The molecule has 0 unspecified atom stereocenters. The van der Waals surface area contributed by atoms with Gasteiger partial charge in [0.2, 0.25) is 5.91 Å². The normalized spacial score (nSPS) is 9.93. The van der Waals surface area contributed by atoms with Gasteiger partial charge in [-0.25, -0.2) is 4.39 Å². The van der Waals surface area contributed by atoms with Crippen LogP contribution >= 0.6 is 23.2 Å². The Kier molecular flexibility index (Phi) is 3.55. The highest BCUT2D eigenvalue weighted by atomic mass is 35.5. The Morgan fingerprint density at radius 2 is 2.21 bits per heavy atom. The summed E-state index contributed by atoms with van der Waals surface area (Å²) in [6.45, 7) is 0. The van der Waals surface area contributed by atoms with E-state index in [-0.39, 0.29) is 16.6 Å². The van der Waals surface area contributed by atoms with Gasteiger partial charge >= 0.3 is 0 Å². The van der Waals surface area contributed by atoms with Crippen LogP contribution in [0.1, 0.15) is 0 Å². The third-order valence-corrected chi connectivity index (χ3v) is 1.98. The number of hydrogen-bond donors (Lipinski definition) is 2. The molecule has 14 heavy (non-hydrogen) atoms. The second-order valence-electron chi connectivity index (χ2n) is 2.54. The lowest BCUT2D eigenvalue weighted by atomic mass is 10.2. The lowest BCUT2D eigenvalue weighted by Gasteiger charge is -2.05. The van der Waals surface area contributed by atoms with E-state index in [4.69, 9.17) is 28.9 Å². The molecule has 1 aromatic rings. The summed E-state index contributed by atoms with van der Waals surface area (Å²) in [5.74, 6) is -1.29. The number of nitrogen functional groups attached to an aromatic ring is 1. The monoisotopic (exact) mass is 236 g/mol. The molecular weight excluding hydrogens is 230 g/mol. The molecule has 6 heteroatoms. The fourth-order valence-electron chi connectivity index (χ4n) is 0.877. The van der Waals surface area contributed by atoms with Crippen molar-refractivity contribution in [2.45, 2.75) is 0 Å². The zero-order valence-electron chi connectivity index (χ0n) is 6.98. The van der Waals surface area contributed by atoms with Crippen molar-refractivity contribution in [3.8, 4) is 0 Å². The van der Waals surface area contributed by atoms with Crippen molar-refractivity contribution in [2.24, 2.45) is 0 Å². The number of hydrogen-bond acceptors (Lipinski definition) is 2. The first-order valence-corrected chi connectivity index (χ1v) is 4.56. The molecule has 0 aliphatic heterocycles. The summed E-state index contributed by atoms with van der Waals surface area (Å²) in [4.78, 5) is 10.9. The number of nitrogens with one attached hydrogen (secondary N) is 1. The predicted octanol–water partition coefficient (Wildman–Crippen LogP) is 2.24. The highest BCUT2D eigenvalue weighted by Crippen LogP contribution is 2.25. The predicted molar refractivity (Wildman–Crippen MR) is 55.2 cm³/mol. The number of benzene rings is 1. The van der Waals surface area contributed by atoms with Gasteiger partial charge in [-0.2, -0.15) is 0 Å². The van der Waals surface area contributed by atoms with Crippen LogP contribution in [-0.2, 0) is 4.79 Å². The van der Waals surface area contributed by atoms with Crippen LogP contribution in [0, 0.1) is 5.82 Å². The topological polar surface area (TPSA) is 55.1 Å². The van der Waals surface area contributed by atoms with Crippen LogP contribution in [0.15, 0.2) is 12.1 Å². The standard InChI is InChI=1S/C8H7Cl2FN2O/c9-3-7(14)13-4-1-5(10)8(11)6(12)2-4/h1-2H,3,12H2,(H,13,14). The van der Waals surface area contributed by atoms with Crippen LogP contribution in [-0.4, -0.2) is 11.8 Å². The second kappa shape index (κ2) is 4.48. The number of amides is 1. The number of anilines is 2. The van der Waals surface area contributed by atoms with Gasteiger partial charge in [-0.3, -0.25) is 4.79 Å². The van der Waals surface area contributed by atoms with E-state index >= 15 is 0 Å². The first-order valence-electron chi connectivity index (χ1n) is 3.65. The fourth-order valence-corrected chi connectivity index (χ4v) is 1.17. The Hall–Kier alpha value is -1.00. The first kappa shape index (κ1) is 11.1. The maximum absolute atomic E-state index is 12.9. The number of rotatable bonds is 2. The number of carbonyl (C=O) groups excluding carboxylic acids is 1. The molecular formula is C8H7Cl2FN2O. The smallest absolute Gasteiger partial charge is 0.239 e. The second-order valence-corrected chi connectivity index (χ2v) is 3.22. The van der Waals surface area contributed by atoms with Crippen molar-refractivity contribution >= 4 is 40.5 Å². The maximum Gasteiger partial charge on any atom is 0.239 e. The highest BCUT2D eigenvalue weighted by molar-refractivity contribution is 6.31. The average molecular weight is 237 g/mol. The molecule has 1 amide bonds. The molecule has 0 atom stereocenters. The third kappa shape index (κ3) is 2.49. The number of nitrogens with two attached hydrogens (primary N) is 1. The Morgan fingerprint density at radius 3 is 2.71 bits per heavy atom. The van der Waals surface area contributed by atoms with Crippen molar-refractivity contribution in [2.75, 3.05) is 16.9 Å². The number of alkyl halides is 1. The first-order chi connectivity index (χ1) is 6.54. The Balaban J connectivity index is 2.95. The molecule has 0 saturated carbocycles. The van der Waals surface area contributed by atoms with Gasteiger partial charge in [0.05, 0.1) is 10.7 Å². The van der Waals surface area contributed by atoms with E-state index in [9.17, 15) is 9.18 Å². The molecule has 0 bridgehead atoms. The van der Waals surface area contributed by atoms with E-state index in [1.165, 1.54) is 12.1 Å². The van der Waals surface area contributed by atoms with E-state index in [1.54, 1.807) is 0 Å². The van der Waals surface area contributed by atoms with Crippen molar-refractivity contribution in [1.82, 2.24) is 0 Å². The van der Waals surface area contributed by atoms with Gasteiger partial charge in [0.25, 0.3) is 0 Å². The minimum atomic E-state index is -0.699. The number of carbonyl (C=O) groups is 1. The highest BCUT2D eigenvalue weighted by Gasteiger charge is 2.08. The lowest BCUT2D eigenvalue weighted by Crippen LogP contribution is -2.12. The summed E-state index contributed by atoms with van der Waals surface area (Å²) >= 11 is 10.8. The van der Waals surface area contributed by atoms with Gasteiger partial charge in [0.15, 0.2) is 5.82 Å². The minimum absolute atomic E-state index is 0.123. The largest absolute Gasteiger partial charge is 0.396 e. The SMILES string of the molecule is Nc1cc(NC(=O)CCl)cc(Cl)c1F. The molecule has 0 fully saturated rings. The summed E-state index contributed by atoms with van der Waals surface area (Å²) in [5.41, 5.74) is 5.49.